The van der Waals surface area contributed by atoms with Gasteiger partial charge >= 0.3 is 5.97 Å². The number of carbonyl (C=O) groups is 1. The number of fused-ring (bicyclic) bond motifs is 1. The molecule has 0 saturated carbocycles. The second kappa shape index (κ2) is 9.06. The predicted octanol–water partition coefficient (Wildman–Crippen LogP) is 5.70. The van der Waals surface area contributed by atoms with Crippen LogP contribution in [0, 0.1) is 18.8 Å². The lowest BCUT2D eigenvalue weighted by molar-refractivity contribution is -0.137. The van der Waals surface area contributed by atoms with E-state index >= 15 is 0 Å². The summed E-state index contributed by atoms with van der Waals surface area (Å²) in [6.45, 7) is 3.76. The normalized spacial score (nSPS) is 15.7. The molecule has 2 heterocycles. The number of ether oxygens (including phenoxy) is 1. The van der Waals surface area contributed by atoms with E-state index in [0.717, 1.165) is 52.1 Å². The van der Waals surface area contributed by atoms with Gasteiger partial charge in [-0.05, 0) is 67.1 Å². The van der Waals surface area contributed by atoms with Crippen molar-refractivity contribution in [1.82, 2.24) is 4.98 Å². The predicted molar refractivity (Wildman–Crippen MR) is 121 cm³/mol. The smallest absolute Gasteiger partial charge is 0.304 e. The van der Waals surface area contributed by atoms with Crippen molar-refractivity contribution in [1.29, 1.82) is 0 Å². The van der Waals surface area contributed by atoms with E-state index in [1.807, 2.05) is 31.3 Å². The Morgan fingerprint density at radius 1 is 1.23 bits per heavy atom. The van der Waals surface area contributed by atoms with Crippen molar-refractivity contribution in [3.05, 3.63) is 83.2 Å². The summed E-state index contributed by atoms with van der Waals surface area (Å²) in [6, 6.07) is 18.5. The van der Waals surface area contributed by atoms with Gasteiger partial charge in [-0.1, -0.05) is 42.3 Å². The van der Waals surface area contributed by atoms with Gasteiger partial charge in [0.15, 0.2) is 0 Å². The minimum atomic E-state index is -0.842. The molecular formula is C27H25NO3. The Bertz CT molecular complexity index is 1170. The molecule has 0 aliphatic carbocycles. The quantitative estimate of drug-likeness (QED) is 0.547. The van der Waals surface area contributed by atoms with E-state index in [2.05, 4.69) is 53.2 Å². The Labute approximate surface area is 182 Å². The van der Waals surface area contributed by atoms with E-state index in [-0.39, 0.29) is 18.4 Å². The van der Waals surface area contributed by atoms with Crippen LogP contribution in [-0.4, -0.2) is 16.1 Å². The zero-order valence-corrected chi connectivity index (χ0v) is 17.8. The van der Waals surface area contributed by atoms with Gasteiger partial charge in [0.1, 0.15) is 11.9 Å². The maximum absolute atomic E-state index is 11.2. The Hall–Kier alpha value is -3.58. The van der Waals surface area contributed by atoms with Gasteiger partial charge in [-0.25, -0.2) is 0 Å². The molecule has 4 rings (SSSR count). The molecule has 156 valence electrons. The van der Waals surface area contributed by atoms with Crippen molar-refractivity contribution in [2.75, 3.05) is 0 Å². The number of pyridine rings is 1. The monoisotopic (exact) mass is 411 g/mol. The third-order valence-electron chi connectivity index (χ3n) is 5.71. The van der Waals surface area contributed by atoms with Gasteiger partial charge in [0.05, 0.1) is 12.3 Å². The molecule has 2 unspecified atom stereocenters. The number of carboxylic acid groups (broad SMARTS) is 1. The first-order valence-corrected chi connectivity index (χ1v) is 10.5. The number of hydrogen-bond donors (Lipinski definition) is 1. The third kappa shape index (κ3) is 4.62. The van der Waals surface area contributed by atoms with Crippen LogP contribution in [0.2, 0.25) is 0 Å². The lowest BCUT2D eigenvalue weighted by atomic mass is 9.90. The highest BCUT2D eigenvalue weighted by atomic mass is 16.5. The molecule has 0 bridgehead atoms. The van der Waals surface area contributed by atoms with Crippen molar-refractivity contribution < 1.29 is 14.6 Å². The number of aromatic nitrogens is 1. The average molecular weight is 412 g/mol. The summed E-state index contributed by atoms with van der Waals surface area (Å²) >= 11 is 0. The van der Waals surface area contributed by atoms with Gasteiger partial charge in [0.2, 0.25) is 0 Å². The highest BCUT2D eigenvalue weighted by Gasteiger charge is 2.23. The number of nitrogens with zero attached hydrogens (tertiary/aromatic N) is 1. The molecule has 4 nitrogen and oxygen atoms in total. The number of benzene rings is 2. The number of hydrogen-bond acceptors (Lipinski definition) is 3. The van der Waals surface area contributed by atoms with Gasteiger partial charge in [-0.3, -0.25) is 9.78 Å². The minimum absolute atomic E-state index is 0.00363. The van der Waals surface area contributed by atoms with Crippen molar-refractivity contribution in [2.45, 2.75) is 45.1 Å². The van der Waals surface area contributed by atoms with E-state index in [0.29, 0.717) is 0 Å². The molecular weight excluding hydrogens is 386 g/mol. The summed E-state index contributed by atoms with van der Waals surface area (Å²) in [4.78, 5) is 15.6. The van der Waals surface area contributed by atoms with Crippen LogP contribution in [-0.2, 0) is 11.2 Å². The first-order chi connectivity index (χ1) is 15.0. The van der Waals surface area contributed by atoms with Gasteiger partial charge in [-0.15, -0.1) is 5.92 Å². The highest BCUT2D eigenvalue weighted by Crippen LogP contribution is 2.37. The number of aryl methyl sites for hydroxylation is 2. The number of aliphatic carboxylic acids is 1. The van der Waals surface area contributed by atoms with Gasteiger partial charge in [0.25, 0.3) is 0 Å². The molecule has 0 radical (unpaired) electrons. The summed E-state index contributed by atoms with van der Waals surface area (Å²) < 4.78 is 6.35. The summed E-state index contributed by atoms with van der Waals surface area (Å²) in [7, 11) is 0. The number of carboxylic acids is 1. The summed E-state index contributed by atoms with van der Waals surface area (Å²) in [5.74, 6) is 5.59. The van der Waals surface area contributed by atoms with E-state index in [4.69, 9.17) is 4.74 Å². The molecule has 1 aliphatic rings. The number of rotatable bonds is 5. The van der Waals surface area contributed by atoms with Crippen molar-refractivity contribution in [3.63, 3.8) is 0 Å². The highest BCUT2D eigenvalue weighted by molar-refractivity contribution is 5.69. The maximum atomic E-state index is 11.2. The molecule has 1 aliphatic heterocycles. The Morgan fingerprint density at radius 2 is 2.10 bits per heavy atom. The van der Waals surface area contributed by atoms with Crippen LogP contribution in [0.25, 0.3) is 11.1 Å². The van der Waals surface area contributed by atoms with Crippen LogP contribution in [0.3, 0.4) is 0 Å². The standard InChI is InChI=1S/C27H25NO3/c1-3-6-19(17-27(29)30)20-10-12-26-23(15-20)11-13-25(31-26)22-8-4-7-21(16-22)24-9-5-14-28-18(24)2/h4-5,7-10,12,14-16,19,25H,11,13,17H2,1-2H3,(H,29,30). The van der Waals surface area contributed by atoms with Crippen LogP contribution < -0.4 is 4.74 Å². The molecule has 1 aromatic heterocycles. The molecule has 2 atom stereocenters. The fourth-order valence-electron chi connectivity index (χ4n) is 4.16. The van der Waals surface area contributed by atoms with Crippen LogP contribution in [0.5, 0.6) is 5.75 Å². The molecule has 1 N–H and O–H groups in total. The second-order valence-corrected chi connectivity index (χ2v) is 7.82. The molecule has 0 spiro atoms. The maximum Gasteiger partial charge on any atom is 0.304 e. The molecule has 31 heavy (non-hydrogen) atoms. The zero-order valence-electron chi connectivity index (χ0n) is 17.8. The fraction of sp³-hybridized carbons (Fsp3) is 0.259. The lowest BCUT2D eigenvalue weighted by Gasteiger charge is -2.27. The van der Waals surface area contributed by atoms with Crippen LogP contribution in [0.1, 0.15) is 54.2 Å². The topological polar surface area (TPSA) is 59.4 Å². The Kier molecular flexibility index (Phi) is 6.04. The molecule has 3 aromatic rings. The average Bonchev–Trinajstić information content (AvgIpc) is 2.78. The van der Waals surface area contributed by atoms with Crippen LogP contribution in [0.4, 0.5) is 0 Å². The van der Waals surface area contributed by atoms with Gasteiger partial charge in [-0.2, -0.15) is 0 Å². The molecule has 0 amide bonds. The van der Waals surface area contributed by atoms with E-state index in [1.54, 1.807) is 6.92 Å². The van der Waals surface area contributed by atoms with Crippen molar-refractivity contribution in [2.24, 2.45) is 0 Å². The summed E-state index contributed by atoms with van der Waals surface area (Å²) in [6.07, 6.45) is 3.55. The van der Waals surface area contributed by atoms with E-state index < -0.39 is 5.97 Å². The van der Waals surface area contributed by atoms with Gasteiger partial charge in [0, 0.05) is 17.5 Å². The summed E-state index contributed by atoms with van der Waals surface area (Å²) in [5, 5.41) is 9.20. The van der Waals surface area contributed by atoms with E-state index in [9.17, 15) is 9.90 Å². The molecule has 2 aromatic carbocycles. The van der Waals surface area contributed by atoms with Crippen LogP contribution >= 0.6 is 0 Å². The zero-order chi connectivity index (χ0) is 21.8. The Morgan fingerprint density at radius 3 is 2.87 bits per heavy atom. The molecule has 4 heteroatoms. The second-order valence-electron chi connectivity index (χ2n) is 7.82. The largest absolute Gasteiger partial charge is 0.485 e. The fourth-order valence-corrected chi connectivity index (χ4v) is 4.16. The SMILES string of the molecule is CC#CC(CC(=O)O)c1ccc2c(c1)CCC(c1cccc(-c3cccnc3C)c1)O2. The minimum Gasteiger partial charge on any atom is -0.485 e. The van der Waals surface area contributed by atoms with Crippen LogP contribution in [0.15, 0.2) is 60.8 Å². The lowest BCUT2D eigenvalue weighted by Crippen LogP contribution is -2.16. The molecule has 0 fully saturated rings. The first-order valence-electron chi connectivity index (χ1n) is 10.5. The van der Waals surface area contributed by atoms with Crippen molar-refractivity contribution >= 4 is 5.97 Å². The third-order valence-corrected chi connectivity index (χ3v) is 5.71. The van der Waals surface area contributed by atoms with E-state index in [1.165, 1.54) is 0 Å². The summed E-state index contributed by atoms with van der Waals surface area (Å²) in [5.41, 5.74) is 6.48. The Balaban J connectivity index is 1.57. The van der Waals surface area contributed by atoms with Crippen molar-refractivity contribution in [3.8, 4) is 28.7 Å². The van der Waals surface area contributed by atoms with Gasteiger partial charge < -0.3 is 9.84 Å². The molecule has 0 saturated heterocycles. The first kappa shape index (κ1) is 20.7.